The Morgan fingerprint density at radius 3 is 2.55 bits per heavy atom. The molecular formula is C17H22N4O. The monoisotopic (exact) mass is 298 g/mol. The third kappa shape index (κ3) is 3.49. The van der Waals surface area contributed by atoms with Gasteiger partial charge in [-0.2, -0.15) is 0 Å². The van der Waals surface area contributed by atoms with E-state index in [4.69, 9.17) is 0 Å². The van der Waals surface area contributed by atoms with Crippen LogP contribution in [0.15, 0.2) is 42.6 Å². The number of aromatic hydroxyl groups is 1. The van der Waals surface area contributed by atoms with Gasteiger partial charge in [-0.15, -0.1) is 0 Å². The molecule has 2 N–H and O–H groups in total. The lowest BCUT2D eigenvalue weighted by Gasteiger charge is -2.33. The van der Waals surface area contributed by atoms with E-state index in [1.807, 2.05) is 30.5 Å². The fraction of sp³-hybridized carbons (Fsp3) is 0.353. The number of aromatic nitrogens is 1. The fourth-order valence-electron chi connectivity index (χ4n) is 2.57. The average Bonchev–Trinajstić information content (AvgIpc) is 2.55. The number of hydrogen-bond acceptors (Lipinski definition) is 5. The van der Waals surface area contributed by atoms with E-state index in [-0.39, 0.29) is 0 Å². The van der Waals surface area contributed by atoms with Crippen molar-refractivity contribution in [3.05, 3.63) is 48.2 Å². The van der Waals surface area contributed by atoms with Crippen LogP contribution in [-0.4, -0.2) is 48.2 Å². The van der Waals surface area contributed by atoms with Crippen molar-refractivity contribution in [2.75, 3.05) is 43.4 Å². The standard InChI is InChI=1S/C17H22N4O/c1-20-8-10-21(11-9-20)17-7-6-15(13-19-17)18-12-14-4-2-3-5-16(14)22/h2-7,13,18,22H,8-12H2,1H3. The van der Waals surface area contributed by atoms with Gasteiger partial charge in [0.05, 0.1) is 11.9 Å². The number of phenolic OH excluding ortho intramolecular Hbond substituents is 1. The quantitative estimate of drug-likeness (QED) is 0.906. The van der Waals surface area contributed by atoms with Crippen LogP contribution in [0.5, 0.6) is 5.75 Å². The molecule has 0 saturated carbocycles. The van der Waals surface area contributed by atoms with Gasteiger partial charge in [-0.1, -0.05) is 18.2 Å². The molecule has 2 aromatic rings. The SMILES string of the molecule is CN1CCN(c2ccc(NCc3ccccc3O)cn2)CC1. The van der Waals surface area contributed by atoms with Gasteiger partial charge in [0.15, 0.2) is 0 Å². The summed E-state index contributed by atoms with van der Waals surface area (Å²) in [6, 6.07) is 11.5. The molecule has 1 aromatic carbocycles. The van der Waals surface area contributed by atoms with Crippen LogP contribution in [0, 0.1) is 0 Å². The molecule has 0 radical (unpaired) electrons. The van der Waals surface area contributed by atoms with Crippen molar-refractivity contribution in [1.82, 2.24) is 9.88 Å². The second-order valence-corrected chi connectivity index (χ2v) is 5.68. The number of phenols is 1. The molecule has 1 saturated heterocycles. The van der Waals surface area contributed by atoms with E-state index in [2.05, 4.69) is 33.2 Å². The maximum atomic E-state index is 9.76. The summed E-state index contributed by atoms with van der Waals surface area (Å²) in [6.45, 7) is 4.79. The van der Waals surface area contributed by atoms with E-state index in [1.165, 1.54) is 0 Å². The van der Waals surface area contributed by atoms with Gasteiger partial charge < -0.3 is 20.2 Å². The van der Waals surface area contributed by atoms with Crippen molar-refractivity contribution in [1.29, 1.82) is 0 Å². The minimum atomic E-state index is 0.317. The smallest absolute Gasteiger partial charge is 0.128 e. The Morgan fingerprint density at radius 1 is 1.09 bits per heavy atom. The van der Waals surface area contributed by atoms with Crippen molar-refractivity contribution in [3.63, 3.8) is 0 Å². The van der Waals surface area contributed by atoms with Crippen molar-refractivity contribution in [2.24, 2.45) is 0 Å². The molecule has 0 bridgehead atoms. The molecule has 0 amide bonds. The van der Waals surface area contributed by atoms with Gasteiger partial charge in [0.25, 0.3) is 0 Å². The molecule has 0 aliphatic carbocycles. The van der Waals surface area contributed by atoms with Gasteiger partial charge in [0.2, 0.25) is 0 Å². The number of hydrogen-bond donors (Lipinski definition) is 2. The second kappa shape index (κ2) is 6.66. The van der Waals surface area contributed by atoms with Crippen molar-refractivity contribution < 1.29 is 5.11 Å². The summed E-state index contributed by atoms with van der Waals surface area (Å²) >= 11 is 0. The Balaban J connectivity index is 1.59. The highest BCUT2D eigenvalue weighted by molar-refractivity contribution is 5.49. The molecule has 1 fully saturated rings. The summed E-state index contributed by atoms with van der Waals surface area (Å²) in [5.74, 6) is 1.35. The third-order valence-corrected chi connectivity index (χ3v) is 4.05. The zero-order chi connectivity index (χ0) is 15.4. The number of para-hydroxylation sites is 1. The van der Waals surface area contributed by atoms with Crippen LogP contribution in [0.4, 0.5) is 11.5 Å². The van der Waals surface area contributed by atoms with Crippen molar-refractivity contribution >= 4 is 11.5 Å². The topological polar surface area (TPSA) is 51.6 Å². The molecule has 0 unspecified atom stereocenters. The molecule has 1 aliphatic heterocycles. The molecular weight excluding hydrogens is 276 g/mol. The lowest BCUT2D eigenvalue weighted by atomic mass is 10.2. The van der Waals surface area contributed by atoms with Gasteiger partial charge in [-0.25, -0.2) is 4.98 Å². The van der Waals surface area contributed by atoms with Gasteiger partial charge >= 0.3 is 0 Å². The van der Waals surface area contributed by atoms with Crippen LogP contribution in [0.25, 0.3) is 0 Å². The van der Waals surface area contributed by atoms with Gasteiger partial charge in [-0.3, -0.25) is 0 Å². The van der Waals surface area contributed by atoms with Gasteiger partial charge in [0, 0.05) is 38.3 Å². The number of nitrogens with zero attached hydrogens (tertiary/aromatic N) is 3. The molecule has 0 atom stereocenters. The van der Waals surface area contributed by atoms with Crippen LogP contribution in [0.3, 0.4) is 0 Å². The largest absolute Gasteiger partial charge is 0.508 e. The first-order valence-electron chi connectivity index (χ1n) is 7.62. The van der Waals surface area contributed by atoms with Crippen LogP contribution in [0.1, 0.15) is 5.56 Å². The summed E-state index contributed by atoms with van der Waals surface area (Å²) in [6.07, 6.45) is 1.85. The Bertz CT molecular complexity index is 606. The molecule has 22 heavy (non-hydrogen) atoms. The molecule has 5 heteroatoms. The molecule has 3 rings (SSSR count). The Kier molecular flexibility index (Phi) is 4.44. The molecule has 1 aromatic heterocycles. The van der Waals surface area contributed by atoms with E-state index in [9.17, 15) is 5.11 Å². The number of piperazine rings is 1. The zero-order valence-electron chi connectivity index (χ0n) is 12.9. The maximum Gasteiger partial charge on any atom is 0.128 e. The number of nitrogens with one attached hydrogen (secondary N) is 1. The summed E-state index contributed by atoms with van der Waals surface area (Å²) in [5.41, 5.74) is 1.84. The minimum Gasteiger partial charge on any atom is -0.508 e. The van der Waals surface area contributed by atoms with E-state index in [1.54, 1.807) is 6.07 Å². The number of pyridine rings is 1. The van der Waals surface area contributed by atoms with Crippen LogP contribution in [-0.2, 0) is 6.54 Å². The first-order valence-corrected chi connectivity index (χ1v) is 7.62. The van der Waals surface area contributed by atoms with Gasteiger partial charge in [-0.05, 0) is 25.2 Å². The summed E-state index contributed by atoms with van der Waals surface area (Å²) in [7, 11) is 2.15. The highest BCUT2D eigenvalue weighted by Gasteiger charge is 2.14. The number of anilines is 2. The molecule has 5 nitrogen and oxygen atoms in total. The predicted molar refractivity (Wildman–Crippen MR) is 89.4 cm³/mol. The first-order chi connectivity index (χ1) is 10.7. The van der Waals surface area contributed by atoms with E-state index >= 15 is 0 Å². The normalized spacial score (nSPS) is 15.8. The van der Waals surface area contributed by atoms with Crippen molar-refractivity contribution in [2.45, 2.75) is 6.54 Å². The fourth-order valence-corrected chi connectivity index (χ4v) is 2.57. The summed E-state index contributed by atoms with van der Waals surface area (Å²) in [5, 5.41) is 13.0. The Hall–Kier alpha value is -2.27. The maximum absolute atomic E-state index is 9.76. The third-order valence-electron chi connectivity index (χ3n) is 4.05. The second-order valence-electron chi connectivity index (χ2n) is 5.68. The predicted octanol–water partition coefficient (Wildman–Crippen LogP) is 2.15. The lowest BCUT2D eigenvalue weighted by molar-refractivity contribution is 0.312. The van der Waals surface area contributed by atoms with Crippen molar-refractivity contribution in [3.8, 4) is 5.75 Å². The Labute approximate surface area is 131 Å². The molecule has 0 spiro atoms. The minimum absolute atomic E-state index is 0.317. The molecule has 1 aliphatic rings. The average molecular weight is 298 g/mol. The highest BCUT2D eigenvalue weighted by Crippen LogP contribution is 2.19. The van der Waals surface area contributed by atoms with Gasteiger partial charge in [0.1, 0.15) is 11.6 Å². The number of likely N-dealkylation sites (N-methyl/N-ethyl adjacent to an activating group) is 1. The lowest BCUT2D eigenvalue weighted by Crippen LogP contribution is -2.44. The van der Waals surface area contributed by atoms with Crippen LogP contribution >= 0.6 is 0 Å². The van der Waals surface area contributed by atoms with E-state index < -0.39 is 0 Å². The zero-order valence-corrected chi connectivity index (χ0v) is 12.9. The highest BCUT2D eigenvalue weighted by atomic mass is 16.3. The summed E-state index contributed by atoms with van der Waals surface area (Å²) < 4.78 is 0. The summed E-state index contributed by atoms with van der Waals surface area (Å²) in [4.78, 5) is 9.19. The first kappa shape index (κ1) is 14.7. The van der Waals surface area contributed by atoms with E-state index in [0.29, 0.717) is 12.3 Å². The van der Waals surface area contributed by atoms with Crippen LogP contribution < -0.4 is 10.2 Å². The Morgan fingerprint density at radius 2 is 1.86 bits per heavy atom. The van der Waals surface area contributed by atoms with E-state index in [0.717, 1.165) is 43.2 Å². The number of benzene rings is 1. The molecule has 116 valence electrons. The number of rotatable bonds is 4. The van der Waals surface area contributed by atoms with Crippen LogP contribution in [0.2, 0.25) is 0 Å². The molecule has 2 heterocycles.